The minimum atomic E-state index is -4.31. The monoisotopic (exact) mass is 306 g/mol. The van der Waals surface area contributed by atoms with Crippen LogP contribution in [0.15, 0.2) is 29.2 Å². The standard InChI is InChI=1S/C13H17F3N2OS/c1-8(2)11(7-17)12(19)18-9-3-5-10(6-4-9)20-13(14,15)16/h3-6,8,11H,7,17H2,1-2H3,(H,18,19). The maximum Gasteiger partial charge on any atom is 0.446 e. The van der Waals surface area contributed by atoms with Gasteiger partial charge >= 0.3 is 5.51 Å². The molecule has 1 aromatic rings. The van der Waals surface area contributed by atoms with Crippen molar-refractivity contribution in [3.63, 3.8) is 0 Å². The van der Waals surface area contributed by atoms with Gasteiger partial charge in [0.05, 0.1) is 5.92 Å². The second-order valence-corrected chi connectivity index (χ2v) is 5.79. The van der Waals surface area contributed by atoms with Crippen LogP contribution in [0.3, 0.4) is 0 Å². The van der Waals surface area contributed by atoms with Crippen molar-refractivity contribution in [1.29, 1.82) is 0 Å². The molecule has 7 heteroatoms. The Morgan fingerprint density at radius 3 is 2.25 bits per heavy atom. The highest BCUT2D eigenvalue weighted by Crippen LogP contribution is 2.37. The SMILES string of the molecule is CC(C)C(CN)C(=O)Nc1ccc(SC(F)(F)F)cc1. The van der Waals surface area contributed by atoms with Crippen molar-refractivity contribution in [1.82, 2.24) is 0 Å². The number of hydrogen-bond donors (Lipinski definition) is 2. The molecule has 1 unspecified atom stereocenters. The first kappa shape index (κ1) is 16.8. The molecule has 0 saturated carbocycles. The summed E-state index contributed by atoms with van der Waals surface area (Å²) in [5, 5.41) is 2.65. The van der Waals surface area contributed by atoms with Gasteiger partial charge in [0.15, 0.2) is 0 Å². The summed E-state index contributed by atoms with van der Waals surface area (Å²) in [5.41, 5.74) is 1.68. The predicted molar refractivity (Wildman–Crippen MR) is 74.4 cm³/mol. The molecule has 0 saturated heterocycles. The Balaban J connectivity index is 2.68. The fourth-order valence-corrected chi connectivity index (χ4v) is 2.20. The van der Waals surface area contributed by atoms with Gasteiger partial charge < -0.3 is 11.1 Å². The second-order valence-electron chi connectivity index (χ2n) is 4.65. The van der Waals surface area contributed by atoms with Gasteiger partial charge in [-0.15, -0.1) is 0 Å². The first-order valence-electron chi connectivity index (χ1n) is 6.09. The van der Waals surface area contributed by atoms with E-state index in [0.29, 0.717) is 5.69 Å². The number of alkyl halides is 3. The number of carbonyl (C=O) groups is 1. The molecule has 112 valence electrons. The van der Waals surface area contributed by atoms with Crippen LogP contribution in [-0.2, 0) is 4.79 Å². The molecule has 0 radical (unpaired) electrons. The van der Waals surface area contributed by atoms with E-state index in [9.17, 15) is 18.0 Å². The van der Waals surface area contributed by atoms with Crippen molar-refractivity contribution in [3.8, 4) is 0 Å². The Morgan fingerprint density at radius 2 is 1.85 bits per heavy atom. The molecule has 0 aliphatic rings. The minimum absolute atomic E-state index is 0.0785. The molecule has 0 aliphatic heterocycles. The summed E-state index contributed by atoms with van der Waals surface area (Å²) in [7, 11) is 0. The third-order valence-corrected chi connectivity index (χ3v) is 3.49. The van der Waals surface area contributed by atoms with Crippen LogP contribution in [0, 0.1) is 11.8 Å². The van der Waals surface area contributed by atoms with E-state index in [-0.39, 0.29) is 40.9 Å². The lowest BCUT2D eigenvalue weighted by Gasteiger charge is -2.18. The van der Waals surface area contributed by atoms with Crippen molar-refractivity contribution in [2.24, 2.45) is 17.6 Å². The summed E-state index contributed by atoms with van der Waals surface area (Å²) in [4.78, 5) is 12.0. The number of halogens is 3. The van der Waals surface area contributed by atoms with Crippen molar-refractivity contribution in [2.45, 2.75) is 24.3 Å². The lowest BCUT2D eigenvalue weighted by atomic mass is 9.95. The second kappa shape index (κ2) is 6.99. The zero-order valence-corrected chi connectivity index (χ0v) is 12.0. The lowest BCUT2D eigenvalue weighted by Crippen LogP contribution is -2.33. The summed E-state index contributed by atoms with van der Waals surface area (Å²) in [5.74, 6) is -0.446. The summed E-state index contributed by atoms with van der Waals surface area (Å²) in [6, 6.07) is 5.53. The van der Waals surface area contributed by atoms with Crippen molar-refractivity contribution >= 4 is 23.4 Å². The third kappa shape index (κ3) is 5.42. The maximum absolute atomic E-state index is 12.2. The number of nitrogens with two attached hydrogens (primary N) is 1. The molecule has 0 bridgehead atoms. The van der Waals surface area contributed by atoms with Gasteiger partial charge in [0.2, 0.25) is 5.91 Å². The average molecular weight is 306 g/mol. The molecule has 0 fully saturated rings. The Bertz CT molecular complexity index is 446. The quantitative estimate of drug-likeness (QED) is 0.819. The molecule has 1 aromatic carbocycles. The van der Waals surface area contributed by atoms with E-state index in [0.717, 1.165) is 0 Å². The fourth-order valence-electron chi connectivity index (χ4n) is 1.66. The number of carbonyl (C=O) groups excluding carboxylic acids is 1. The highest BCUT2D eigenvalue weighted by atomic mass is 32.2. The molecule has 0 heterocycles. The van der Waals surface area contributed by atoms with Gasteiger partial charge in [-0.2, -0.15) is 13.2 Å². The first-order valence-corrected chi connectivity index (χ1v) is 6.91. The van der Waals surface area contributed by atoms with Gasteiger partial charge in [0, 0.05) is 17.1 Å². The molecule has 1 atom stereocenters. The Labute approximate surface area is 120 Å². The number of thioether (sulfide) groups is 1. The largest absolute Gasteiger partial charge is 0.446 e. The number of benzene rings is 1. The molecule has 0 spiro atoms. The first-order chi connectivity index (χ1) is 9.23. The highest BCUT2D eigenvalue weighted by molar-refractivity contribution is 8.00. The van der Waals surface area contributed by atoms with E-state index in [1.165, 1.54) is 24.3 Å². The third-order valence-electron chi connectivity index (χ3n) is 2.75. The normalized spacial score (nSPS) is 13.3. The molecule has 1 amide bonds. The van der Waals surface area contributed by atoms with Gasteiger partial charge in [0.25, 0.3) is 0 Å². The van der Waals surface area contributed by atoms with Gasteiger partial charge in [0.1, 0.15) is 0 Å². The van der Waals surface area contributed by atoms with Gasteiger partial charge in [-0.3, -0.25) is 4.79 Å². The molecule has 1 rings (SSSR count). The van der Waals surface area contributed by atoms with Crippen molar-refractivity contribution < 1.29 is 18.0 Å². The zero-order valence-electron chi connectivity index (χ0n) is 11.2. The van der Waals surface area contributed by atoms with E-state index >= 15 is 0 Å². The minimum Gasteiger partial charge on any atom is -0.330 e. The number of amides is 1. The van der Waals surface area contributed by atoms with E-state index < -0.39 is 5.51 Å². The Hall–Kier alpha value is -1.21. The molecule has 20 heavy (non-hydrogen) atoms. The summed E-state index contributed by atoms with van der Waals surface area (Å²) in [6.45, 7) is 4.01. The van der Waals surface area contributed by atoms with Gasteiger partial charge in [-0.05, 0) is 41.9 Å². The van der Waals surface area contributed by atoms with E-state index in [4.69, 9.17) is 5.73 Å². The molecule has 3 N–H and O–H groups in total. The van der Waals surface area contributed by atoms with Crippen molar-refractivity contribution in [3.05, 3.63) is 24.3 Å². The zero-order chi connectivity index (χ0) is 15.3. The molecule has 0 aromatic heterocycles. The van der Waals surface area contributed by atoms with Crippen molar-refractivity contribution in [2.75, 3.05) is 11.9 Å². The predicted octanol–water partition coefficient (Wildman–Crippen LogP) is 3.47. The van der Waals surface area contributed by atoms with Crippen LogP contribution in [0.25, 0.3) is 0 Å². The summed E-state index contributed by atoms with van der Waals surface area (Å²) >= 11 is -0.189. The van der Waals surface area contributed by atoms with Crippen LogP contribution in [0.1, 0.15) is 13.8 Å². The Morgan fingerprint density at radius 1 is 1.30 bits per heavy atom. The number of anilines is 1. The summed E-state index contributed by atoms with van der Waals surface area (Å²) < 4.78 is 36.5. The summed E-state index contributed by atoms with van der Waals surface area (Å²) in [6.07, 6.45) is 0. The number of rotatable bonds is 5. The van der Waals surface area contributed by atoms with E-state index in [2.05, 4.69) is 5.32 Å². The van der Waals surface area contributed by atoms with Crippen LogP contribution < -0.4 is 11.1 Å². The molecule has 3 nitrogen and oxygen atoms in total. The van der Waals surface area contributed by atoms with Crippen LogP contribution in [0.5, 0.6) is 0 Å². The number of hydrogen-bond acceptors (Lipinski definition) is 3. The molecular formula is C13H17F3N2OS. The lowest BCUT2D eigenvalue weighted by molar-refractivity contribution is -0.120. The Kier molecular flexibility index (Phi) is 5.88. The topological polar surface area (TPSA) is 55.1 Å². The van der Waals surface area contributed by atoms with Crippen LogP contribution in [0.2, 0.25) is 0 Å². The van der Waals surface area contributed by atoms with Gasteiger partial charge in [-0.1, -0.05) is 13.8 Å². The maximum atomic E-state index is 12.2. The van der Waals surface area contributed by atoms with E-state index in [1.807, 2.05) is 13.8 Å². The smallest absolute Gasteiger partial charge is 0.330 e. The van der Waals surface area contributed by atoms with Crippen LogP contribution in [-0.4, -0.2) is 18.0 Å². The average Bonchev–Trinajstić information content (AvgIpc) is 2.30. The van der Waals surface area contributed by atoms with Crippen LogP contribution in [0.4, 0.5) is 18.9 Å². The van der Waals surface area contributed by atoms with E-state index in [1.54, 1.807) is 0 Å². The highest BCUT2D eigenvalue weighted by Gasteiger charge is 2.29. The van der Waals surface area contributed by atoms with Gasteiger partial charge in [-0.25, -0.2) is 0 Å². The molecule has 0 aliphatic carbocycles. The number of nitrogens with one attached hydrogen (secondary N) is 1. The fraction of sp³-hybridized carbons (Fsp3) is 0.462. The molecular weight excluding hydrogens is 289 g/mol. The van der Waals surface area contributed by atoms with Crippen LogP contribution >= 0.6 is 11.8 Å².